The molecule has 0 aliphatic carbocycles. The summed E-state index contributed by atoms with van der Waals surface area (Å²) in [5.74, 6) is -0.668. The molecule has 1 aromatic rings. The predicted molar refractivity (Wildman–Crippen MR) is 81.7 cm³/mol. The first-order valence-corrected chi connectivity index (χ1v) is 7.86. The second kappa shape index (κ2) is 6.68. The summed E-state index contributed by atoms with van der Waals surface area (Å²) in [6, 6.07) is 5.98. The molecule has 0 bridgehead atoms. The van der Waals surface area contributed by atoms with Crippen molar-refractivity contribution < 1.29 is 9.90 Å². The molecule has 2 heterocycles. The Bertz CT molecular complexity index is 481. The summed E-state index contributed by atoms with van der Waals surface area (Å²) in [5.41, 5.74) is 0.558. The van der Waals surface area contributed by atoms with Crippen molar-refractivity contribution in [1.82, 2.24) is 9.88 Å². The molecule has 1 atom stereocenters. The second-order valence-corrected chi connectivity index (χ2v) is 6.61. The fourth-order valence-corrected chi connectivity index (χ4v) is 3.03. The monoisotopic (exact) mass is 340 g/mol. The summed E-state index contributed by atoms with van der Waals surface area (Å²) >= 11 is 3.38. The molecule has 0 aromatic carbocycles. The highest BCUT2D eigenvalue weighted by atomic mass is 79.9. The van der Waals surface area contributed by atoms with Crippen LogP contribution in [0.15, 0.2) is 22.8 Å². The molecule has 0 saturated carbocycles. The average Bonchev–Trinajstić information content (AvgIpc) is 2.78. The Labute approximate surface area is 128 Å². The van der Waals surface area contributed by atoms with E-state index in [2.05, 4.69) is 25.8 Å². The molecule has 5 heteroatoms. The van der Waals surface area contributed by atoms with Gasteiger partial charge < -0.3 is 10.0 Å². The molecule has 1 N–H and O–H groups in total. The van der Waals surface area contributed by atoms with Crippen LogP contribution in [0.2, 0.25) is 0 Å². The van der Waals surface area contributed by atoms with Crippen LogP contribution in [0.25, 0.3) is 0 Å². The van der Waals surface area contributed by atoms with Crippen molar-refractivity contribution in [1.29, 1.82) is 0 Å². The second-order valence-electron chi connectivity index (χ2n) is 5.80. The van der Waals surface area contributed by atoms with E-state index in [0.29, 0.717) is 6.54 Å². The molecular formula is C15H21BrN2O2. The van der Waals surface area contributed by atoms with Crippen LogP contribution in [0, 0.1) is 5.41 Å². The Hall–Kier alpha value is -0.940. The molecule has 1 aromatic heterocycles. The van der Waals surface area contributed by atoms with Crippen LogP contribution in [-0.2, 0) is 11.2 Å². The molecule has 110 valence electrons. The number of halogens is 1. The SMILES string of the molecule is C[C@@]1(C(=O)O)CCN(CCCCc2cccc(Br)n2)C1. The number of nitrogens with zero attached hydrogens (tertiary/aromatic N) is 2. The van der Waals surface area contributed by atoms with Crippen molar-refractivity contribution in [3.63, 3.8) is 0 Å². The average molecular weight is 341 g/mol. The zero-order chi connectivity index (χ0) is 14.6. The first-order valence-electron chi connectivity index (χ1n) is 7.07. The molecule has 0 amide bonds. The van der Waals surface area contributed by atoms with Crippen LogP contribution in [0.3, 0.4) is 0 Å². The summed E-state index contributed by atoms with van der Waals surface area (Å²) in [6.07, 6.45) is 3.91. The first kappa shape index (κ1) is 15.4. The number of aryl methyl sites for hydroxylation is 1. The number of rotatable bonds is 6. The van der Waals surface area contributed by atoms with Crippen molar-refractivity contribution in [3.8, 4) is 0 Å². The lowest BCUT2D eigenvalue weighted by atomic mass is 9.90. The molecule has 1 aliphatic rings. The van der Waals surface area contributed by atoms with Crippen LogP contribution in [0.4, 0.5) is 0 Å². The number of carboxylic acids is 1. The molecule has 4 nitrogen and oxygen atoms in total. The van der Waals surface area contributed by atoms with Gasteiger partial charge in [-0.25, -0.2) is 4.98 Å². The summed E-state index contributed by atoms with van der Waals surface area (Å²) in [4.78, 5) is 17.9. The Kier molecular flexibility index (Phi) is 5.16. The van der Waals surface area contributed by atoms with Gasteiger partial charge >= 0.3 is 5.97 Å². The highest BCUT2D eigenvalue weighted by Gasteiger charge is 2.39. The molecular weight excluding hydrogens is 320 g/mol. The molecule has 20 heavy (non-hydrogen) atoms. The highest BCUT2D eigenvalue weighted by molar-refractivity contribution is 9.10. The quantitative estimate of drug-likeness (QED) is 0.638. The van der Waals surface area contributed by atoms with Gasteiger partial charge in [0.25, 0.3) is 0 Å². The van der Waals surface area contributed by atoms with Gasteiger partial charge in [0, 0.05) is 12.2 Å². The minimum absolute atomic E-state index is 0.550. The predicted octanol–water partition coefficient (Wildman–Crippen LogP) is 2.96. The van der Waals surface area contributed by atoms with E-state index in [4.69, 9.17) is 0 Å². The number of aliphatic carboxylic acids is 1. The van der Waals surface area contributed by atoms with E-state index in [1.807, 2.05) is 25.1 Å². The number of aromatic nitrogens is 1. The van der Waals surface area contributed by atoms with Gasteiger partial charge in [0.15, 0.2) is 0 Å². The minimum atomic E-state index is -0.668. The van der Waals surface area contributed by atoms with Crippen LogP contribution in [-0.4, -0.2) is 40.6 Å². The van der Waals surface area contributed by atoms with Crippen molar-refractivity contribution in [2.45, 2.75) is 32.6 Å². The topological polar surface area (TPSA) is 53.4 Å². The maximum Gasteiger partial charge on any atom is 0.310 e. The lowest BCUT2D eigenvalue weighted by molar-refractivity contribution is -0.147. The smallest absolute Gasteiger partial charge is 0.310 e. The zero-order valence-corrected chi connectivity index (χ0v) is 13.4. The van der Waals surface area contributed by atoms with Crippen LogP contribution < -0.4 is 0 Å². The molecule has 1 aliphatic heterocycles. The van der Waals surface area contributed by atoms with Gasteiger partial charge in [0.05, 0.1) is 5.41 Å². The summed E-state index contributed by atoms with van der Waals surface area (Å²) in [5, 5.41) is 9.20. The summed E-state index contributed by atoms with van der Waals surface area (Å²) in [6.45, 7) is 4.41. The Balaban J connectivity index is 1.69. The number of carboxylic acid groups (broad SMARTS) is 1. The van der Waals surface area contributed by atoms with E-state index in [1.165, 1.54) is 0 Å². The van der Waals surface area contributed by atoms with Gasteiger partial charge in [-0.3, -0.25) is 4.79 Å². The maximum absolute atomic E-state index is 11.2. The summed E-state index contributed by atoms with van der Waals surface area (Å²) < 4.78 is 0.881. The third kappa shape index (κ3) is 4.03. The molecule has 1 saturated heterocycles. The van der Waals surface area contributed by atoms with E-state index in [1.54, 1.807) is 0 Å². The van der Waals surface area contributed by atoms with E-state index < -0.39 is 11.4 Å². The van der Waals surface area contributed by atoms with E-state index in [0.717, 1.165) is 49.1 Å². The normalized spacial score (nSPS) is 23.1. The van der Waals surface area contributed by atoms with E-state index in [-0.39, 0.29) is 0 Å². The van der Waals surface area contributed by atoms with Crippen molar-refractivity contribution in [2.24, 2.45) is 5.41 Å². The number of pyridine rings is 1. The van der Waals surface area contributed by atoms with Crippen LogP contribution in [0.5, 0.6) is 0 Å². The van der Waals surface area contributed by atoms with E-state index in [9.17, 15) is 9.90 Å². The maximum atomic E-state index is 11.2. The molecule has 0 spiro atoms. The van der Waals surface area contributed by atoms with Crippen molar-refractivity contribution >= 4 is 21.9 Å². The molecule has 2 rings (SSSR count). The van der Waals surface area contributed by atoms with Gasteiger partial charge in [-0.05, 0) is 73.8 Å². The summed E-state index contributed by atoms with van der Waals surface area (Å²) in [7, 11) is 0. The highest BCUT2D eigenvalue weighted by Crippen LogP contribution is 2.30. The lowest BCUT2D eigenvalue weighted by Crippen LogP contribution is -2.32. The van der Waals surface area contributed by atoms with Crippen LogP contribution >= 0.6 is 15.9 Å². The standard InChI is InChI=1S/C15H21BrN2O2/c1-15(14(19)20)8-10-18(11-15)9-3-2-5-12-6-4-7-13(16)17-12/h4,6-7H,2-3,5,8-11H2,1H3,(H,19,20)/t15-/m1/s1. The van der Waals surface area contributed by atoms with Crippen molar-refractivity contribution in [3.05, 3.63) is 28.5 Å². The Morgan fingerprint density at radius 3 is 2.95 bits per heavy atom. The molecule has 1 fully saturated rings. The van der Waals surface area contributed by atoms with Crippen molar-refractivity contribution in [2.75, 3.05) is 19.6 Å². The number of unbranched alkanes of at least 4 members (excludes halogenated alkanes) is 1. The van der Waals surface area contributed by atoms with Crippen LogP contribution in [0.1, 0.15) is 31.9 Å². The zero-order valence-electron chi connectivity index (χ0n) is 11.8. The largest absolute Gasteiger partial charge is 0.481 e. The van der Waals surface area contributed by atoms with Gasteiger partial charge in [-0.1, -0.05) is 6.07 Å². The third-order valence-corrected chi connectivity index (χ3v) is 4.44. The lowest BCUT2D eigenvalue weighted by Gasteiger charge is -2.19. The third-order valence-electron chi connectivity index (χ3n) is 4.00. The number of likely N-dealkylation sites (tertiary alicyclic amines) is 1. The number of hydrogen-bond donors (Lipinski definition) is 1. The fourth-order valence-electron chi connectivity index (χ4n) is 2.65. The molecule has 0 radical (unpaired) electrons. The van der Waals surface area contributed by atoms with Gasteiger partial charge in [-0.2, -0.15) is 0 Å². The minimum Gasteiger partial charge on any atom is -0.481 e. The van der Waals surface area contributed by atoms with E-state index >= 15 is 0 Å². The van der Waals surface area contributed by atoms with Gasteiger partial charge in [0.1, 0.15) is 4.60 Å². The fraction of sp³-hybridized carbons (Fsp3) is 0.600. The van der Waals surface area contributed by atoms with Gasteiger partial charge in [-0.15, -0.1) is 0 Å². The number of carbonyl (C=O) groups is 1. The van der Waals surface area contributed by atoms with Gasteiger partial charge in [0.2, 0.25) is 0 Å². The molecule has 0 unspecified atom stereocenters. The number of hydrogen-bond acceptors (Lipinski definition) is 3. The Morgan fingerprint density at radius 1 is 1.50 bits per heavy atom. The first-order chi connectivity index (χ1) is 9.49. The Morgan fingerprint density at radius 2 is 2.30 bits per heavy atom.